The van der Waals surface area contributed by atoms with Crippen molar-refractivity contribution in [3.8, 4) is 0 Å². The van der Waals surface area contributed by atoms with Gasteiger partial charge in [-0.05, 0) is 60.1 Å². The van der Waals surface area contributed by atoms with Gasteiger partial charge in [-0.1, -0.05) is 118 Å². The summed E-state index contributed by atoms with van der Waals surface area (Å²) in [5, 5.41) is 4.36. The van der Waals surface area contributed by atoms with E-state index in [1.54, 1.807) is 17.7 Å². The summed E-state index contributed by atoms with van der Waals surface area (Å²) in [6.45, 7) is 7.31. The van der Waals surface area contributed by atoms with Gasteiger partial charge in [0.05, 0.1) is 0 Å². The van der Waals surface area contributed by atoms with Crippen LogP contribution in [0.25, 0.3) is 0 Å². The predicted octanol–water partition coefficient (Wildman–Crippen LogP) is 7.13. The third-order valence-corrected chi connectivity index (χ3v) is 10.1. The molecule has 0 heterocycles. The predicted molar refractivity (Wildman–Crippen MR) is 146 cm³/mol. The molecule has 0 radical (unpaired) electrons. The fraction of sp³-hybridized carbons (Fsp3) is 0.379. The quantitative estimate of drug-likeness (QED) is 0.353. The average molecular weight is 465 g/mol. The van der Waals surface area contributed by atoms with Crippen molar-refractivity contribution in [1.29, 1.82) is 0 Å². The van der Waals surface area contributed by atoms with Crippen LogP contribution in [-0.4, -0.2) is 12.8 Å². The first-order chi connectivity index (χ1) is 15.6. The van der Waals surface area contributed by atoms with Crippen LogP contribution < -0.4 is 15.9 Å². The highest BCUT2D eigenvalue weighted by Gasteiger charge is 2.37. The average Bonchev–Trinajstić information content (AvgIpc) is 2.82. The second kappa shape index (κ2) is 13.3. The molecule has 4 unspecified atom stereocenters. The molecule has 0 N–H and O–H groups in total. The van der Waals surface area contributed by atoms with Gasteiger partial charge in [0.15, 0.2) is 0 Å². The van der Waals surface area contributed by atoms with Gasteiger partial charge in [-0.3, -0.25) is 0 Å². The lowest BCUT2D eigenvalue weighted by molar-refractivity contribution is 0.242. The summed E-state index contributed by atoms with van der Waals surface area (Å²) in [6, 6.07) is 32.7. The van der Waals surface area contributed by atoms with E-state index in [0.29, 0.717) is 8.81 Å². The number of rotatable bonds is 6. The van der Waals surface area contributed by atoms with Crippen molar-refractivity contribution < 1.29 is 4.52 Å². The Hall–Kier alpha value is -1.52. The normalized spacial score (nSPS) is 21.0. The lowest BCUT2D eigenvalue weighted by Gasteiger charge is -2.42. The van der Waals surface area contributed by atoms with Crippen molar-refractivity contribution in [3.63, 3.8) is 0 Å². The molecular formula is C29H38OP2. The van der Waals surface area contributed by atoms with E-state index in [1.165, 1.54) is 24.6 Å². The van der Waals surface area contributed by atoms with Crippen LogP contribution in [0.5, 0.6) is 0 Å². The molecule has 0 amide bonds. The molecule has 1 aliphatic carbocycles. The Morgan fingerprint density at radius 1 is 0.781 bits per heavy atom. The van der Waals surface area contributed by atoms with Crippen LogP contribution in [0.1, 0.15) is 40.0 Å². The van der Waals surface area contributed by atoms with Crippen LogP contribution in [0, 0.1) is 17.8 Å². The molecule has 0 spiro atoms. The minimum atomic E-state index is -0.267. The van der Waals surface area contributed by atoms with E-state index in [9.17, 15) is 0 Å². The first kappa shape index (κ1) is 25.1. The topological polar surface area (TPSA) is 9.23 Å². The third-order valence-electron chi connectivity index (χ3n) is 6.38. The second-order valence-corrected chi connectivity index (χ2v) is 12.7. The summed E-state index contributed by atoms with van der Waals surface area (Å²) in [7, 11) is 1.93. The summed E-state index contributed by atoms with van der Waals surface area (Å²) in [6.07, 6.45) is 4.20. The van der Waals surface area contributed by atoms with Crippen LogP contribution in [0.4, 0.5) is 0 Å². The first-order valence-corrected chi connectivity index (χ1v) is 14.2. The van der Waals surface area contributed by atoms with E-state index in [1.807, 2.05) is 18.2 Å². The number of hydrogen-bond donors (Lipinski definition) is 0. The van der Waals surface area contributed by atoms with Crippen molar-refractivity contribution in [2.45, 2.75) is 45.7 Å². The van der Waals surface area contributed by atoms with Gasteiger partial charge in [0.25, 0.3) is 0 Å². The lowest BCUT2D eigenvalue weighted by atomic mass is 9.77. The van der Waals surface area contributed by atoms with Gasteiger partial charge >= 0.3 is 0 Å². The summed E-state index contributed by atoms with van der Waals surface area (Å²) in [5.41, 5.74) is 0.818. The molecule has 0 saturated heterocycles. The molecule has 1 saturated carbocycles. The van der Waals surface area contributed by atoms with E-state index in [2.05, 4.69) is 93.6 Å². The van der Waals surface area contributed by atoms with Gasteiger partial charge in [-0.2, -0.15) is 0 Å². The monoisotopic (exact) mass is 464 g/mol. The van der Waals surface area contributed by atoms with Gasteiger partial charge < -0.3 is 4.52 Å². The van der Waals surface area contributed by atoms with Gasteiger partial charge in [0.2, 0.25) is 0 Å². The Balaban J connectivity index is 0.000000269. The molecule has 0 aliphatic heterocycles. The number of hydrogen-bond acceptors (Lipinski definition) is 1. The van der Waals surface area contributed by atoms with E-state index in [-0.39, 0.29) is 7.92 Å². The van der Waals surface area contributed by atoms with Gasteiger partial charge in [-0.15, -0.1) is 0 Å². The molecule has 170 valence electrons. The highest BCUT2D eigenvalue weighted by atomic mass is 31.1. The minimum absolute atomic E-state index is 0.267. The first-order valence-electron chi connectivity index (χ1n) is 11.8. The number of benzene rings is 3. The van der Waals surface area contributed by atoms with E-state index < -0.39 is 0 Å². The van der Waals surface area contributed by atoms with Crippen LogP contribution in [0.3, 0.4) is 0 Å². The Bertz CT molecular complexity index is 843. The molecule has 1 nitrogen and oxygen atoms in total. The van der Waals surface area contributed by atoms with Gasteiger partial charge in [-0.25, -0.2) is 0 Å². The molecule has 4 atom stereocenters. The summed E-state index contributed by atoms with van der Waals surface area (Å²) < 4.78 is 4.96. The van der Waals surface area contributed by atoms with E-state index >= 15 is 0 Å². The highest BCUT2D eigenvalue weighted by molar-refractivity contribution is 7.73. The maximum absolute atomic E-state index is 4.96. The van der Waals surface area contributed by atoms with Gasteiger partial charge in [0.1, 0.15) is 0 Å². The molecule has 0 aromatic heterocycles. The molecule has 32 heavy (non-hydrogen) atoms. The Labute approximate surface area is 198 Å². The molecule has 0 bridgehead atoms. The fourth-order valence-electron chi connectivity index (χ4n) is 4.78. The van der Waals surface area contributed by atoms with E-state index in [4.69, 9.17) is 4.52 Å². The maximum atomic E-state index is 4.96. The maximum Gasteiger partial charge on any atom is 0.0456 e. The Morgan fingerprint density at radius 3 is 1.75 bits per heavy atom. The standard InChI is InChI=1S/C22H29P.C7H9OP/c1-17(2)21-15-14-18(3)16-22(21)23(19-10-6-4-7-11-19)20-12-8-5-9-13-20;1-8-9-7-5-3-2-4-6-7/h4-13,17-18,21-22H,14-16H2,1-3H3;2-6,9H,1H3. The molecule has 3 aromatic rings. The largest absolute Gasteiger partial charge is 0.361 e. The smallest absolute Gasteiger partial charge is 0.0456 e. The SMILES string of the molecule is CC1CCC(C(C)C)C(P(c2ccccc2)c2ccccc2)C1.COPc1ccccc1. The van der Waals surface area contributed by atoms with Crippen LogP contribution in [0.15, 0.2) is 91.0 Å². The zero-order chi connectivity index (χ0) is 22.8. The molecule has 4 rings (SSSR count). The van der Waals surface area contributed by atoms with Crippen molar-refractivity contribution in [2.24, 2.45) is 17.8 Å². The molecule has 1 aliphatic rings. The fourth-order valence-corrected chi connectivity index (χ4v) is 8.84. The lowest BCUT2D eigenvalue weighted by Crippen LogP contribution is -2.35. The third kappa shape index (κ3) is 7.25. The molecule has 1 fully saturated rings. The van der Waals surface area contributed by atoms with Crippen molar-refractivity contribution in [1.82, 2.24) is 0 Å². The van der Waals surface area contributed by atoms with Crippen molar-refractivity contribution >= 4 is 32.6 Å². The zero-order valence-electron chi connectivity index (χ0n) is 19.9. The van der Waals surface area contributed by atoms with Crippen molar-refractivity contribution in [3.05, 3.63) is 91.0 Å². The van der Waals surface area contributed by atoms with Crippen LogP contribution >= 0.6 is 16.7 Å². The Morgan fingerprint density at radius 2 is 1.28 bits per heavy atom. The molecule has 3 heteroatoms. The molecular weight excluding hydrogens is 426 g/mol. The Kier molecular flexibility index (Phi) is 10.4. The zero-order valence-corrected chi connectivity index (χ0v) is 21.8. The molecule has 3 aromatic carbocycles. The summed E-state index contributed by atoms with van der Waals surface area (Å²) >= 11 is 0. The summed E-state index contributed by atoms with van der Waals surface area (Å²) in [4.78, 5) is 0. The summed E-state index contributed by atoms with van der Waals surface area (Å²) in [5.74, 6) is 2.51. The minimum Gasteiger partial charge on any atom is -0.361 e. The van der Waals surface area contributed by atoms with Crippen molar-refractivity contribution in [2.75, 3.05) is 7.11 Å². The van der Waals surface area contributed by atoms with Gasteiger partial charge in [0, 0.05) is 15.9 Å². The van der Waals surface area contributed by atoms with Crippen LogP contribution in [-0.2, 0) is 4.52 Å². The van der Waals surface area contributed by atoms with E-state index in [0.717, 1.165) is 23.4 Å². The van der Waals surface area contributed by atoms with Crippen LogP contribution in [0.2, 0.25) is 0 Å². The highest BCUT2D eigenvalue weighted by Crippen LogP contribution is 2.51. The second-order valence-electron chi connectivity index (χ2n) is 9.11.